The van der Waals surface area contributed by atoms with Gasteiger partial charge in [0.15, 0.2) is 0 Å². The third-order valence-corrected chi connectivity index (χ3v) is 2.42. The van der Waals surface area contributed by atoms with Gasteiger partial charge in [0.05, 0.1) is 0 Å². The van der Waals surface area contributed by atoms with Gasteiger partial charge in [-0.3, -0.25) is 4.98 Å². The molecule has 0 radical (unpaired) electrons. The lowest BCUT2D eigenvalue weighted by Gasteiger charge is -2.10. The first-order valence-corrected chi connectivity index (χ1v) is 5.20. The van der Waals surface area contributed by atoms with E-state index in [4.69, 9.17) is 0 Å². The molecule has 0 aliphatic rings. The van der Waals surface area contributed by atoms with Gasteiger partial charge in [0.1, 0.15) is 23.4 Å². The average Bonchev–Trinajstić information content (AvgIpc) is 2.29. The summed E-state index contributed by atoms with van der Waals surface area (Å²) in [5.41, 5.74) is 0.583. The van der Waals surface area contributed by atoms with E-state index in [2.05, 4.69) is 4.98 Å². The van der Waals surface area contributed by atoms with Gasteiger partial charge in [-0.05, 0) is 29.8 Å². The van der Waals surface area contributed by atoms with Crippen LogP contribution in [-0.4, -0.2) is 10.1 Å². The van der Waals surface area contributed by atoms with Crippen molar-refractivity contribution in [3.63, 3.8) is 0 Å². The monoisotopic (exact) mass is 235 g/mol. The molecule has 2 rings (SSSR count). The summed E-state index contributed by atoms with van der Waals surface area (Å²) in [6, 6.07) is 8.53. The van der Waals surface area contributed by atoms with E-state index in [-0.39, 0.29) is 17.9 Å². The Kier molecular flexibility index (Phi) is 3.44. The van der Waals surface area contributed by atoms with Crippen LogP contribution in [0.15, 0.2) is 42.6 Å². The fraction of sp³-hybridized carbons (Fsp3) is 0.154. The van der Waals surface area contributed by atoms with Gasteiger partial charge in [-0.1, -0.05) is 12.1 Å². The summed E-state index contributed by atoms with van der Waals surface area (Å²) in [7, 11) is 0. The van der Waals surface area contributed by atoms with E-state index in [1.54, 1.807) is 12.1 Å². The molecule has 0 saturated heterocycles. The molecule has 1 N–H and O–H groups in total. The number of halogens is 2. The van der Waals surface area contributed by atoms with Crippen LogP contribution < -0.4 is 0 Å². The molecule has 0 aliphatic carbocycles. The topological polar surface area (TPSA) is 33.1 Å². The van der Waals surface area contributed by atoms with Crippen molar-refractivity contribution in [1.29, 1.82) is 0 Å². The zero-order valence-corrected chi connectivity index (χ0v) is 8.98. The molecule has 1 aromatic carbocycles. The largest absolute Gasteiger partial charge is 0.386 e. The van der Waals surface area contributed by atoms with Gasteiger partial charge in [-0.2, -0.15) is 0 Å². The number of nitrogens with zero attached hydrogens (tertiary/aromatic N) is 1. The molecule has 0 spiro atoms. The molecule has 1 unspecified atom stereocenters. The maximum absolute atomic E-state index is 13.3. The Morgan fingerprint density at radius 3 is 2.71 bits per heavy atom. The Labute approximate surface area is 97.6 Å². The van der Waals surface area contributed by atoms with Crippen molar-refractivity contribution in [2.24, 2.45) is 0 Å². The van der Waals surface area contributed by atoms with Crippen molar-refractivity contribution in [3.05, 3.63) is 65.5 Å². The Hall–Kier alpha value is -1.81. The predicted molar refractivity (Wildman–Crippen MR) is 59.3 cm³/mol. The molecule has 1 atom stereocenters. The summed E-state index contributed by atoms with van der Waals surface area (Å²) >= 11 is 0. The first-order chi connectivity index (χ1) is 8.16. The lowest BCUT2D eigenvalue weighted by molar-refractivity contribution is 0.168. The van der Waals surface area contributed by atoms with Crippen molar-refractivity contribution in [2.45, 2.75) is 12.5 Å². The second kappa shape index (κ2) is 5.01. The summed E-state index contributed by atoms with van der Waals surface area (Å²) in [6.07, 6.45) is 0.469. The van der Waals surface area contributed by atoms with E-state index in [0.717, 1.165) is 0 Å². The zero-order valence-electron chi connectivity index (χ0n) is 8.98. The summed E-state index contributed by atoms with van der Waals surface area (Å²) in [4.78, 5) is 3.78. The van der Waals surface area contributed by atoms with Gasteiger partial charge in [0.2, 0.25) is 0 Å². The molecular formula is C13H11F2NO. The lowest BCUT2D eigenvalue weighted by atomic mass is 10.0. The molecule has 0 aliphatic heterocycles. The number of hydrogen-bond acceptors (Lipinski definition) is 2. The minimum Gasteiger partial charge on any atom is -0.386 e. The molecule has 1 aromatic heterocycles. The van der Waals surface area contributed by atoms with E-state index in [1.807, 2.05) is 0 Å². The Bertz CT molecular complexity index is 516. The van der Waals surface area contributed by atoms with Gasteiger partial charge in [-0.25, -0.2) is 8.78 Å². The molecule has 0 saturated carbocycles. The van der Waals surface area contributed by atoms with E-state index in [1.165, 1.54) is 30.5 Å². The molecule has 17 heavy (non-hydrogen) atoms. The van der Waals surface area contributed by atoms with Gasteiger partial charge in [0, 0.05) is 12.6 Å². The molecule has 0 amide bonds. The maximum atomic E-state index is 13.3. The first-order valence-electron chi connectivity index (χ1n) is 5.20. The molecule has 2 aromatic rings. The molecule has 4 heteroatoms. The Balaban J connectivity index is 2.17. The lowest BCUT2D eigenvalue weighted by Crippen LogP contribution is -2.06. The van der Waals surface area contributed by atoms with Crippen LogP contribution in [0.3, 0.4) is 0 Å². The van der Waals surface area contributed by atoms with E-state index >= 15 is 0 Å². The maximum Gasteiger partial charge on any atom is 0.147 e. The number of hydrogen-bond donors (Lipinski definition) is 1. The highest BCUT2D eigenvalue weighted by atomic mass is 19.1. The molecule has 1 heterocycles. The number of pyridine rings is 1. The van der Waals surface area contributed by atoms with Crippen LogP contribution in [0.2, 0.25) is 0 Å². The van der Waals surface area contributed by atoms with Crippen molar-refractivity contribution in [3.8, 4) is 0 Å². The third-order valence-electron chi connectivity index (χ3n) is 2.42. The second-order valence-electron chi connectivity index (χ2n) is 3.72. The van der Waals surface area contributed by atoms with Gasteiger partial charge in [-0.15, -0.1) is 0 Å². The molecule has 0 bridgehead atoms. The molecule has 88 valence electrons. The summed E-state index contributed by atoms with van der Waals surface area (Å²) in [6.45, 7) is 0. The van der Waals surface area contributed by atoms with Crippen molar-refractivity contribution < 1.29 is 13.9 Å². The van der Waals surface area contributed by atoms with Gasteiger partial charge < -0.3 is 5.11 Å². The normalized spacial score (nSPS) is 12.4. The van der Waals surface area contributed by atoms with Crippen LogP contribution >= 0.6 is 0 Å². The smallest absolute Gasteiger partial charge is 0.147 e. The van der Waals surface area contributed by atoms with Crippen molar-refractivity contribution in [1.82, 2.24) is 4.98 Å². The number of aliphatic hydroxyl groups excluding tert-OH is 1. The number of aromatic nitrogens is 1. The quantitative estimate of drug-likeness (QED) is 0.887. The van der Waals surface area contributed by atoms with Crippen LogP contribution in [-0.2, 0) is 6.42 Å². The van der Waals surface area contributed by atoms with E-state index in [9.17, 15) is 13.9 Å². The summed E-state index contributed by atoms with van der Waals surface area (Å²) in [5, 5.41) is 9.82. The number of aliphatic hydroxyl groups is 1. The van der Waals surface area contributed by atoms with Crippen LogP contribution in [0.4, 0.5) is 8.78 Å². The highest BCUT2D eigenvalue weighted by Crippen LogP contribution is 2.19. The van der Waals surface area contributed by atoms with Gasteiger partial charge in [0.25, 0.3) is 0 Å². The minimum absolute atomic E-state index is 0.0169. The first kappa shape index (κ1) is 11.7. The third kappa shape index (κ3) is 2.85. The number of rotatable bonds is 3. The van der Waals surface area contributed by atoms with Crippen molar-refractivity contribution in [2.75, 3.05) is 0 Å². The molecule has 0 fully saturated rings. The Morgan fingerprint density at radius 2 is 2.00 bits per heavy atom. The minimum atomic E-state index is -1.07. The van der Waals surface area contributed by atoms with Crippen molar-refractivity contribution >= 4 is 0 Å². The van der Waals surface area contributed by atoms with E-state index in [0.29, 0.717) is 5.56 Å². The zero-order chi connectivity index (χ0) is 12.3. The summed E-state index contributed by atoms with van der Waals surface area (Å²) < 4.78 is 26.3. The van der Waals surface area contributed by atoms with Crippen LogP contribution in [0.1, 0.15) is 17.4 Å². The fourth-order valence-electron chi connectivity index (χ4n) is 1.63. The highest BCUT2D eigenvalue weighted by Gasteiger charge is 2.14. The predicted octanol–water partition coefficient (Wildman–Crippen LogP) is 2.64. The number of benzene rings is 1. The van der Waals surface area contributed by atoms with Crippen LogP contribution in [0.5, 0.6) is 0 Å². The fourth-order valence-corrected chi connectivity index (χ4v) is 1.63. The van der Waals surface area contributed by atoms with Gasteiger partial charge >= 0.3 is 0 Å². The molecular weight excluding hydrogens is 224 g/mol. The summed E-state index contributed by atoms with van der Waals surface area (Å²) in [5.74, 6) is -0.937. The van der Waals surface area contributed by atoms with Crippen LogP contribution in [0, 0.1) is 11.6 Å². The highest BCUT2D eigenvalue weighted by molar-refractivity contribution is 5.20. The van der Waals surface area contributed by atoms with Crippen LogP contribution in [0.25, 0.3) is 0 Å². The van der Waals surface area contributed by atoms with E-state index < -0.39 is 11.9 Å². The molecule has 2 nitrogen and oxygen atoms in total. The average molecular weight is 235 g/mol. The second-order valence-corrected chi connectivity index (χ2v) is 3.72. The SMILES string of the molecule is OC(Cc1cccc(F)c1)c1ncccc1F. The Morgan fingerprint density at radius 1 is 1.18 bits per heavy atom. The standard InChI is InChI=1S/C13H11F2NO/c14-10-4-1-3-9(7-10)8-12(17)13-11(15)5-2-6-16-13/h1-7,12,17H,8H2.